The summed E-state index contributed by atoms with van der Waals surface area (Å²) in [6, 6.07) is 8.04. The van der Waals surface area contributed by atoms with E-state index in [0.29, 0.717) is 6.61 Å². The molecule has 0 aliphatic rings. The molecule has 0 saturated heterocycles. The first-order valence-electron chi connectivity index (χ1n) is 4.76. The van der Waals surface area contributed by atoms with Crippen LogP contribution in [0.3, 0.4) is 0 Å². The van der Waals surface area contributed by atoms with Crippen LogP contribution in [0.1, 0.15) is 31.9 Å². The fourth-order valence-corrected chi connectivity index (χ4v) is 1.29. The highest BCUT2D eigenvalue weighted by Gasteiger charge is 2.08. The third kappa shape index (κ3) is 2.46. The summed E-state index contributed by atoms with van der Waals surface area (Å²) in [6.45, 7) is 4.75. The van der Waals surface area contributed by atoms with Crippen LogP contribution in [0.4, 0.5) is 0 Å². The number of rotatable bonds is 4. The molecule has 72 valence electrons. The number of nitrogens with two attached hydrogens (primary N) is 1. The molecule has 0 aromatic heterocycles. The Morgan fingerprint density at radius 3 is 2.62 bits per heavy atom. The second-order valence-electron chi connectivity index (χ2n) is 2.99. The zero-order valence-electron chi connectivity index (χ0n) is 8.29. The average Bonchev–Trinajstić information content (AvgIpc) is 2.18. The van der Waals surface area contributed by atoms with Crippen molar-refractivity contribution in [2.75, 3.05) is 6.61 Å². The molecule has 0 fully saturated rings. The lowest BCUT2D eigenvalue weighted by Crippen LogP contribution is -2.10. The van der Waals surface area contributed by atoms with Crippen LogP contribution in [-0.4, -0.2) is 6.61 Å². The molecule has 13 heavy (non-hydrogen) atoms. The minimum absolute atomic E-state index is 0.0859. The molecule has 1 rings (SSSR count). The second-order valence-corrected chi connectivity index (χ2v) is 2.99. The van der Waals surface area contributed by atoms with Gasteiger partial charge in [0.25, 0.3) is 0 Å². The number of hydrogen-bond acceptors (Lipinski definition) is 2. The summed E-state index contributed by atoms with van der Waals surface area (Å²) in [5.74, 6) is 0.916. The zero-order valence-corrected chi connectivity index (χ0v) is 8.29. The van der Waals surface area contributed by atoms with Gasteiger partial charge in [0.2, 0.25) is 0 Å². The highest BCUT2D eigenvalue weighted by molar-refractivity contribution is 5.35. The van der Waals surface area contributed by atoms with Gasteiger partial charge in [-0.3, -0.25) is 0 Å². The van der Waals surface area contributed by atoms with Crippen LogP contribution >= 0.6 is 0 Å². The third-order valence-electron chi connectivity index (χ3n) is 2.06. The highest BCUT2D eigenvalue weighted by atomic mass is 16.5. The Kier molecular flexibility index (Phi) is 3.77. The second kappa shape index (κ2) is 4.87. The van der Waals surface area contributed by atoms with Crippen LogP contribution in [-0.2, 0) is 0 Å². The van der Waals surface area contributed by atoms with Crippen molar-refractivity contribution >= 4 is 0 Å². The number of ether oxygens (including phenoxy) is 1. The van der Waals surface area contributed by atoms with Crippen LogP contribution in [0.2, 0.25) is 0 Å². The Bertz CT molecular complexity index is 260. The quantitative estimate of drug-likeness (QED) is 0.770. The van der Waals surface area contributed by atoms with Gasteiger partial charge in [-0.05, 0) is 19.4 Å². The predicted octanol–water partition coefficient (Wildman–Crippen LogP) is 2.50. The molecule has 1 atom stereocenters. The molecule has 1 aromatic rings. The lowest BCUT2D eigenvalue weighted by atomic mass is 10.0. The molecule has 0 aliphatic heterocycles. The first-order valence-corrected chi connectivity index (χ1v) is 4.76. The molecular weight excluding hydrogens is 162 g/mol. The summed E-state index contributed by atoms with van der Waals surface area (Å²) >= 11 is 0. The van der Waals surface area contributed by atoms with E-state index in [2.05, 4.69) is 6.92 Å². The van der Waals surface area contributed by atoms with Crippen LogP contribution in [0.5, 0.6) is 5.75 Å². The van der Waals surface area contributed by atoms with Crippen LogP contribution in [0, 0.1) is 0 Å². The smallest absolute Gasteiger partial charge is 0.124 e. The SMILES string of the molecule is CCOc1ccccc1[C@@H](N)CC. The highest BCUT2D eigenvalue weighted by Crippen LogP contribution is 2.24. The maximum atomic E-state index is 5.95. The lowest BCUT2D eigenvalue weighted by Gasteiger charge is -2.14. The van der Waals surface area contributed by atoms with E-state index in [1.165, 1.54) is 0 Å². The fraction of sp³-hybridized carbons (Fsp3) is 0.455. The average molecular weight is 179 g/mol. The van der Waals surface area contributed by atoms with Gasteiger partial charge in [-0.1, -0.05) is 25.1 Å². The Labute approximate surface area is 79.7 Å². The van der Waals surface area contributed by atoms with Crippen LogP contribution in [0.25, 0.3) is 0 Å². The fourth-order valence-electron chi connectivity index (χ4n) is 1.29. The lowest BCUT2D eigenvalue weighted by molar-refractivity contribution is 0.334. The number of para-hydroxylation sites is 1. The summed E-state index contributed by atoms with van der Waals surface area (Å²) in [5, 5.41) is 0. The van der Waals surface area contributed by atoms with E-state index in [-0.39, 0.29) is 6.04 Å². The van der Waals surface area contributed by atoms with Gasteiger partial charge in [-0.2, -0.15) is 0 Å². The maximum absolute atomic E-state index is 5.95. The van der Waals surface area contributed by atoms with Crippen molar-refractivity contribution in [3.8, 4) is 5.75 Å². The largest absolute Gasteiger partial charge is 0.494 e. The number of hydrogen-bond donors (Lipinski definition) is 1. The van der Waals surface area contributed by atoms with Crippen molar-refractivity contribution < 1.29 is 4.74 Å². The van der Waals surface area contributed by atoms with Gasteiger partial charge in [0.05, 0.1) is 6.61 Å². The van der Waals surface area contributed by atoms with Crippen molar-refractivity contribution in [1.82, 2.24) is 0 Å². The molecule has 2 N–H and O–H groups in total. The molecule has 2 nitrogen and oxygen atoms in total. The molecule has 0 radical (unpaired) electrons. The van der Waals surface area contributed by atoms with Gasteiger partial charge in [0.1, 0.15) is 5.75 Å². The van der Waals surface area contributed by atoms with E-state index < -0.39 is 0 Å². The Morgan fingerprint density at radius 2 is 2.00 bits per heavy atom. The predicted molar refractivity (Wildman–Crippen MR) is 54.8 cm³/mol. The van der Waals surface area contributed by atoms with Gasteiger partial charge in [0, 0.05) is 11.6 Å². The zero-order chi connectivity index (χ0) is 9.68. The van der Waals surface area contributed by atoms with Gasteiger partial charge in [-0.15, -0.1) is 0 Å². The molecule has 0 amide bonds. The third-order valence-corrected chi connectivity index (χ3v) is 2.06. The van der Waals surface area contributed by atoms with E-state index >= 15 is 0 Å². The van der Waals surface area contributed by atoms with E-state index in [4.69, 9.17) is 10.5 Å². The monoisotopic (exact) mass is 179 g/mol. The normalized spacial score (nSPS) is 12.5. The molecule has 0 spiro atoms. The van der Waals surface area contributed by atoms with E-state index in [9.17, 15) is 0 Å². The Morgan fingerprint density at radius 1 is 1.31 bits per heavy atom. The van der Waals surface area contributed by atoms with Gasteiger partial charge in [0.15, 0.2) is 0 Å². The van der Waals surface area contributed by atoms with Crippen LogP contribution in [0.15, 0.2) is 24.3 Å². The maximum Gasteiger partial charge on any atom is 0.124 e. The van der Waals surface area contributed by atoms with Crippen molar-refractivity contribution in [3.05, 3.63) is 29.8 Å². The first-order chi connectivity index (χ1) is 6.29. The summed E-state index contributed by atoms with van der Waals surface area (Å²) in [4.78, 5) is 0. The van der Waals surface area contributed by atoms with Crippen molar-refractivity contribution in [3.63, 3.8) is 0 Å². The minimum atomic E-state index is 0.0859. The molecule has 0 bridgehead atoms. The standard InChI is InChI=1S/C11H17NO/c1-3-10(12)9-7-5-6-8-11(9)13-4-2/h5-8,10H,3-4,12H2,1-2H3/t10-/m0/s1. The van der Waals surface area contributed by atoms with E-state index in [1.807, 2.05) is 31.2 Å². The number of benzene rings is 1. The molecule has 0 saturated carbocycles. The Hall–Kier alpha value is -1.02. The van der Waals surface area contributed by atoms with Gasteiger partial charge >= 0.3 is 0 Å². The molecule has 0 aliphatic carbocycles. The minimum Gasteiger partial charge on any atom is -0.494 e. The molecular formula is C11H17NO. The molecule has 1 aromatic carbocycles. The summed E-state index contributed by atoms with van der Waals surface area (Å²) in [5.41, 5.74) is 7.05. The molecule has 0 unspecified atom stereocenters. The Balaban J connectivity index is 2.90. The molecule has 2 heteroatoms. The summed E-state index contributed by atoms with van der Waals surface area (Å²) < 4.78 is 5.48. The van der Waals surface area contributed by atoms with E-state index in [0.717, 1.165) is 17.7 Å². The van der Waals surface area contributed by atoms with Crippen molar-refractivity contribution in [2.24, 2.45) is 5.73 Å². The first kappa shape index (κ1) is 10.1. The van der Waals surface area contributed by atoms with Gasteiger partial charge < -0.3 is 10.5 Å². The molecule has 0 heterocycles. The summed E-state index contributed by atoms with van der Waals surface area (Å²) in [6.07, 6.45) is 0.935. The van der Waals surface area contributed by atoms with Crippen LogP contribution < -0.4 is 10.5 Å². The topological polar surface area (TPSA) is 35.2 Å². The summed E-state index contributed by atoms with van der Waals surface area (Å²) in [7, 11) is 0. The van der Waals surface area contributed by atoms with Gasteiger partial charge in [-0.25, -0.2) is 0 Å². The van der Waals surface area contributed by atoms with Crippen molar-refractivity contribution in [1.29, 1.82) is 0 Å². The van der Waals surface area contributed by atoms with E-state index in [1.54, 1.807) is 0 Å². The van der Waals surface area contributed by atoms with Crippen molar-refractivity contribution in [2.45, 2.75) is 26.3 Å².